The Morgan fingerprint density at radius 1 is 1.30 bits per heavy atom. The Balaban J connectivity index is 2.04. The van der Waals surface area contributed by atoms with Gasteiger partial charge in [0.15, 0.2) is 0 Å². The summed E-state index contributed by atoms with van der Waals surface area (Å²) >= 11 is 12.3. The Labute approximate surface area is 169 Å². The van der Waals surface area contributed by atoms with E-state index in [2.05, 4.69) is 0 Å². The molecule has 0 amide bonds. The van der Waals surface area contributed by atoms with Gasteiger partial charge in [-0.2, -0.15) is 0 Å². The molecule has 0 saturated heterocycles. The Kier molecular flexibility index (Phi) is 7.12. The van der Waals surface area contributed by atoms with Crippen LogP contribution >= 0.6 is 23.2 Å². The highest BCUT2D eigenvalue weighted by Crippen LogP contribution is 2.32. The van der Waals surface area contributed by atoms with E-state index in [0.717, 1.165) is 0 Å². The zero-order valence-corrected chi connectivity index (χ0v) is 17.0. The van der Waals surface area contributed by atoms with Crippen molar-refractivity contribution >= 4 is 29.2 Å². The van der Waals surface area contributed by atoms with Crippen molar-refractivity contribution in [2.24, 2.45) is 11.7 Å². The molecular formula is C20H23Cl2NO4. The van der Waals surface area contributed by atoms with Gasteiger partial charge in [0.25, 0.3) is 0 Å². The summed E-state index contributed by atoms with van der Waals surface area (Å²) in [5.41, 5.74) is 6.05. The molecule has 0 saturated carbocycles. The Hall–Kier alpha value is -1.79. The van der Waals surface area contributed by atoms with Gasteiger partial charge < -0.3 is 14.6 Å². The highest BCUT2D eigenvalue weighted by atomic mass is 35.5. The van der Waals surface area contributed by atoms with Crippen molar-refractivity contribution in [2.75, 3.05) is 13.7 Å². The quantitative estimate of drug-likeness (QED) is 0.524. The van der Waals surface area contributed by atoms with Crippen molar-refractivity contribution in [3.8, 4) is 5.75 Å². The first-order valence-corrected chi connectivity index (χ1v) is 9.18. The van der Waals surface area contributed by atoms with E-state index in [-0.39, 0.29) is 18.9 Å². The van der Waals surface area contributed by atoms with Crippen LogP contribution in [0.1, 0.15) is 34.8 Å². The maximum atomic E-state index is 11.7. The van der Waals surface area contributed by atoms with Crippen LogP contribution in [0.25, 0.3) is 0 Å². The smallest absolute Gasteiger partial charge is 0.338 e. The van der Waals surface area contributed by atoms with Gasteiger partial charge in [-0.3, -0.25) is 5.73 Å². The number of carbonyl (C=O) groups is 1. The van der Waals surface area contributed by atoms with Gasteiger partial charge in [0.1, 0.15) is 11.5 Å². The lowest BCUT2D eigenvalue weighted by molar-refractivity contribution is 0.0127. The first-order chi connectivity index (χ1) is 12.7. The molecule has 7 heteroatoms. The number of carbonyl (C=O) groups excluding carboxylic acids is 1. The largest absolute Gasteiger partial charge is 0.492 e. The summed E-state index contributed by atoms with van der Waals surface area (Å²) in [6, 6.07) is 10.1. The average molecular weight is 412 g/mol. The van der Waals surface area contributed by atoms with E-state index in [0.29, 0.717) is 32.5 Å². The Bertz CT molecular complexity index is 824. The molecule has 27 heavy (non-hydrogen) atoms. The molecule has 0 bridgehead atoms. The second kappa shape index (κ2) is 8.93. The molecule has 2 rings (SSSR count). The highest BCUT2D eigenvalue weighted by molar-refractivity contribution is 6.33. The zero-order chi connectivity index (χ0) is 20.2. The average Bonchev–Trinajstić information content (AvgIpc) is 2.62. The molecule has 2 atom stereocenters. The third-order valence-corrected chi connectivity index (χ3v) is 4.97. The predicted molar refractivity (Wildman–Crippen MR) is 106 cm³/mol. The van der Waals surface area contributed by atoms with Gasteiger partial charge in [0.2, 0.25) is 0 Å². The van der Waals surface area contributed by atoms with Crippen LogP contribution in [-0.2, 0) is 10.5 Å². The van der Waals surface area contributed by atoms with Crippen LogP contribution in [0.2, 0.25) is 10.0 Å². The maximum absolute atomic E-state index is 11.7. The monoisotopic (exact) mass is 411 g/mol. The summed E-state index contributed by atoms with van der Waals surface area (Å²) < 4.78 is 10.5. The normalized spacial score (nSPS) is 14.3. The van der Waals surface area contributed by atoms with Crippen molar-refractivity contribution in [1.82, 2.24) is 0 Å². The van der Waals surface area contributed by atoms with Crippen molar-refractivity contribution in [3.63, 3.8) is 0 Å². The summed E-state index contributed by atoms with van der Waals surface area (Å²) in [4.78, 5) is 11.7. The molecule has 2 aromatic rings. The zero-order valence-electron chi connectivity index (χ0n) is 15.5. The number of methoxy groups -OCH3 is 1. The molecule has 5 nitrogen and oxygen atoms in total. The number of ether oxygens (including phenoxy) is 2. The van der Waals surface area contributed by atoms with Crippen molar-refractivity contribution in [2.45, 2.75) is 26.0 Å². The first kappa shape index (κ1) is 21.5. The molecule has 0 fully saturated rings. The number of rotatable bonds is 7. The minimum absolute atomic E-state index is 0.0735. The molecule has 0 aliphatic heterocycles. The van der Waals surface area contributed by atoms with Gasteiger partial charge in [0, 0.05) is 5.02 Å². The van der Waals surface area contributed by atoms with Crippen LogP contribution in [0, 0.1) is 12.8 Å². The van der Waals surface area contributed by atoms with Gasteiger partial charge in [-0.05, 0) is 54.7 Å². The molecular weight excluding hydrogens is 389 g/mol. The van der Waals surface area contributed by atoms with Crippen molar-refractivity contribution in [1.29, 1.82) is 0 Å². The van der Waals surface area contributed by atoms with E-state index >= 15 is 0 Å². The second-order valence-corrected chi connectivity index (χ2v) is 7.41. The molecule has 0 spiro atoms. The summed E-state index contributed by atoms with van der Waals surface area (Å²) in [6.07, 6.45) is 0.268. The van der Waals surface area contributed by atoms with Crippen LogP contribution in [0.4, 0.5) is 0 Å². The van der Waals surface area contributed by atoms with Crippen LogP contribution in [0.15, 0.2) is 36.4 Å². The van der Waals surface area contributed by atoms with Crippen LogP contribution in [0.3, 0.4) is 0 Å². The molecule has 0 aromatic heterocycles. The van der Waals surface area contributed by atoms with Gasteiger partial charge in [-0.15, -0.1) is 0 Å². The first-order valence-electron chi connectivity index (χ1n) is 8.43. The molecule has 2 aromatic carbocycles. The minimum Gasteiger partial charge on any atom is -0.492 e. The summed E-state index contributed by atoms with van der Waals surface area (Å²) in [5, 5.41) is 11.4. The van der Waals surface area contributed by atoms with Gasteiger partial charge in [-0.25, -0.2) is 4.79 Å². The lowest BCUT2D eigenvalue weighted by Crippen LogP contribution is -2.39. The van der Waals surface area contributed by atoms with Crippen LogP contribution in [-0.4, -0.2) is 24.8 Å². The minimum atomic E-state index is -1.53. The van der Waals surface area contributed by atoms with Crippen LogP contribution < -0.4 is 10.5 Å². The molecule has 0 radical (unpaired) electrons. The van der Waals surface area contributed by atoms with Crippen LogP contribution in [0.5, 0.6) is 5.75 Å². The van der Waals surface area contributed by atoms with E-state index < -0.39 is 11.7 Å². The number of nitrogens with two attached hydrogens (primary N) is 1. The fraction of sp³-hybridized carbons (Fsp3) is 0.350. The molecule has 0 heterocycles. The second-order valence-electron chi connectivity index (χ2n) is 6.60. The number of benzene rings is 2. The van der Waals surface area contributed by atoms with E-state index in [9.17, 15) is 9.90 Å². The molecule has 3 N–H and O–H groups in total. The van der Waals surface area contributed by atoms with Gasteiger partial charge >= 0.3 is 5.97 Å². The van der Waals surface area contributed by atoms with E-state index in [1.54, 1.807) is 43.3 Å². The fourth-order valence-electron chi connectivity index (χ4n) is 2.80. The van der Waals surface area contributed by atoms with Gasteiger partial charge in [0.05, 0.1) is 24.3 Å². The number of hydrogen-bond acceptors (Lipinski definition) is 5. The molecule has 0 aliphatic carbocycles. The van der Waals surface area contributed by atoms with Gasteiger partial charge in [-0.1, -0.05) is 42.3 Å². The molecule has 146 valence electrons. The van der Waals surface area contributed by atoms with E-state index in [1.807, 2.05) is 6.92 Å². The highest BCUT2D eigenvalue weighted by Gasteiger charge is 2.27. The number of aliphatic hydroxyl groups is 1. The number of halogens is 2. The SMILES string of the molecule is COC(=O)c1ccc(OCC(C)CC(N)(O)c2cccc(Cl)c2)c(Cl)c1C. The Morgan fingerprint density at radius 3 is 2.63 bits per heavy atom. The predicted octanol–water partition coefficient (Wildman–Crippen LogP) is 4.30. The maximum Gasteiger partial charge on any atom is 0.338 e. The van der Waals surface area contributed by atoms with Crippen molar-refractivity contribution in [3.05, 3.63) is 63.1 Å². The topological polar surface area (TPSA) is 81.8 Å². The van der Waals surface area contributed by atoms with E-state index in [1.165, 1.54) is 7.11 Å². The summed E-state index contributed by atoms with van der Waals surface area (Å²) in [6.45, 7) is 3.92. The lowest BCUT2D eigenvalue weighted by atomic mass is 9.93. The Morgan fingerprint density at radius 2 is 2.00 bits per heavy atom. The summed E-state index contributed by atoms with van der Waals surface area (Å²) in [7, 11) is 1.32. The molecule has 0 aliphatic rings. The third kappa shape index (κ3) is 5.36. The third-order valence-electron chi connectivity index (χ3n) is 4.26. The van der Waals surface area contributed by atoms with Crippen molar-refractivity contribution < 1.29 is 19.4 Å². The number of esters is 1. The fourth-order valence-corrected chi connectivity index (χ4v) is 3.21. The summed E-state index contributed by atoms with van der Waals surface area (Å²) in [5.74, 6) is -0.0725. The molecule has 2 unspecified atom stereocenters. The lowest BCUT2D eigenvalue weighted by Gasteiger charge is -2.27. The van der Waals surface area contributed by atoms with E-state index in [4.69, 9.17) is 38.4 Å². The standard InChI is InChI=1S/C20H23Cl2NO4/c1-12(10-20(23,25)14-5-4-6-15(21)9-14)11-27-17-8-7-16(19(24)26-3)13(2)18(17)22/h4-9,12,25H,10-11,23H2,1-3H3. The number of hydrogen-bond donors (Lipinski definition) is 2.